The highest BCUT2D eigenvalue weighted by Crippen LogP contribution is 2.40. The summed E-state index contributed by atoms with van der Waals surface area (Å²) in [5.74, 6) is -1.93. The van der Waals surface area contributed by atoms with Gasteiger partial charge in [-0.1, -0.05) is 31.2 Å². The lowest BCUT2D eigenvalue weighted by Crippen LogP contribution is -2.46. The monoisotopic (exact) mass is 284 g/mol. The van der Waals surface area contributed by atoms with E-state index in [2.05, 4.69) is 9.97 Å². The highest BCUT2D eigenvalue weighted by Gasteiger charge is 2.51. The normalized spacial score (nSPS) is 25.9. The van der Waals surface area contributed by atoms with Crippen molar-refractivity contribution in [2.45, 2.75) is 31.5 Å². The van der Waals surface area contributed by atoms with Crippen LogP contribution in [0, 0.1) is 5.92 Å². The Hall–Kier alpha value is -1.69. The first-order valence-electron chi connectivity index (χ1n) is 6.29. The first kappa shape index (κ1) is 14.7. The van der Waals surface area contributed by atoms with Crippen molar-refractivity contribution >= 4 is 0 Å². The molecule has 6 heteroatoms. The average molecular weight is 284 g/mol. The van der Waals surface area contributed by atoms with E-state index in [-0.39, 0.29) is 6.42 Å². The largest absolute Gasteiger partial charge is 0.398 e. The van der Waals surface area contributed by atoms with Gasteiger partial charge in [0.25, 0.3) is 0 Å². The number of aryl methyl sites for hydroxylation is 1. The Bertz CT molecular complexity index is 539. The van der Waals surface area contributed by atoms with Crippen molar-refractivity contribution in [3.63, 3.8) is 0 Å². The summed E-state index contributed by atoms with van der Waals surface area (Å²) in [6.07, 6.45) is 3.62. The molecule has 0 spiro atoms. The molecule has 20 heavy (non-hydrogen) atoms. The molecule has 108 valence electrons. The van der Waals surface area contributed by atoms with Gasteiger partial charge >= 0.3 is 6.18 Å². The lowest BCUT2D eigenvalue weighted by molar-refractivity contribution is -0.200. The van der Waals surface area contributed by atoms with Gasteiger partial charge in [0.1, 0.15) is 17.8 Å². The Balaban J connectivity index is 2.34. The van der Waals surface area contributed by atoms with Crippen LogP contribution in [0.2, 0.25) is 0 Å². The van der Waals surface area contributed by atoms with Crippen LogP contribution in [0.4, 0.5) is 13.2 Å². The van der Waals surface area contributed by atoms with Crippen molar-refractivity contribution < 1.29 is 18.3 Å². The summed E-state index contributed by atoms with van der Waals surface area (Å²) < 4.78 is 39.1. The van der Waals surface area contributed by atoms with Gasteiger partial charge in [-0.2, -0.15) is 13.2 Å². The van der Waals surface area contributed by atoms with Crippen molar-refractivity contribution in [2.75, 3.05) is 0 Å². The third-order valence-corrected chi connectivity index (χ3v) is 3.38. The van der Waals surface area contributed by atoms with Gasteiger partial charge in [-0.05, 0) is 12.0 Å². The maximum atomic E-state index is 13.0. The number of halogens is 3. The Morgan fingerprint density at radius 1 is 1.35 bits per heavy atom. The van der Waals surface area contributed by atoms with E-state index in [1.165, 1.54) is 30.8 Å². The molecule has 1 aliphatic rings. The molecule has 0 radical (unpaired) electrons. The number of hydrogen-bond acceptors (Lipinski definition) is 3. The van der Waals surface area contributed by atoms with Crippen LogP contribution in [-0.4, -0.2) is 26.9 Å². The SMILES string of the molecule is CCc1ncncc1CC1(O)C=CC=CC1C(F)(F)F. The van der Waals surface area contributed by atoms with E-state index < -0.39 is 17.7 Å². The van der Waals surface area contributed by atoms with Crippen molar-refractivity contribution in [1.82, 2.24) is 9.97 Å². The lowest BCUT2D eigenvalue weighted by atomic mass is 9.78. The Labute approximate surface area is 114 Å². The fourth-order valence-corrected chi connectivity index (χ4v) is 2.38. The molecular weight excluding hydrogens is 269 g/mol. The minimum Gasteiger partial charge on any atom is -0.384 e. The topological polar surface area (TPSA) is 46.0 Å². The van der Waals surface area contributed by atoms with E-state index in [1.54, 1.807) is 0 Å². The minimum absolute atomic E-state index is 0.165. The summed E-state index contributed by atoms with van der Waals surface area (Å²) in [7, 11) is 0. The van der Waals surface area contributed by atoms with E-state index in [9.17, 15) is 18.3 Å². The quantitative estimate of drug-likeness (QED) is 0.928. The van der Waals surface area contributed by atoms with Gasteiger partial charge in [0.15, 0.2) is 0 Å². The van der Waals surface area contributed by atoms with E-state index in [4.69, 9.17) is 0 Å². The fraction of sp³-hybridized carbons (Fsp3) is 0.429. The lowest BCUT2D eigenvalue weighted by Gasteiger charge is -2.35. The zero-order valence-electron chi connectivity index (χ0n) is 10.9. The molecule has 1 aliphatic carbocycles. The van der Waals surface area contributed by atoms with Crippen LogP contribution in [0.5, 0.6) is 0 Å². The van der Waals surface area contributed by atoms with Crippen LogP contribution in [0.15, 0.2) is 36.8 Å². The van der Waals surface area contributed by atoms with E-state index in [0.29, 0.717) is 17.7 Å². The molecule has 1 heterocycles. The molecule has 1 N–H and O–H groups in total. The Morgan fingerprint density at radius 3 is 2.75 bits per heavy atom. The maximum Gasteiger partial charge on any atom is 0.398 e. The number of hydrogen-bond donors (Lipinski definition) is 1. The van der Waals surface area contributed by atoms with Gasteiger partial charge in [0, 0.05) is 18.3 Å². The summed E-state index contributed by atoms with van der Waals surface area (Å²) in [5, 5.41) is 10.4. The van der Waals surface area contributed by atoms with E-state index in [0.717, 1.165) is 6.08 Å². The third-order valence-electron chi connectivity index (χ3n) is 3.38. The number of allylic oxidation sites excluding steroid dienone is 2. The Kier molecular flexibility index (Phi) is 3.94. The average Bonchev–Trinajstić information content (AvgIpc) is 2.38. The highest BCUT2D eigenvalue weighted by atomic mass is 19.4. The molecular formula is C14H15F3N2O. The molecule has 0 saturated heterocycles. The summed E-state index contributed by atoms with van der Waals surface area (Å²) in [5.41, 5.74) is -0.814. The molecule has 0 saturated carbocycles. The van der Waals surface area contributed by atoms with Crippen LogP contribution in [0.1, 0.15) is 18.2 Å². The van der Waals surface area contributed by atoms with Crippen LogP contribution in [-0.2, 0) is 12.8 Å². The van der Waals surface area contributed by atoms with Crippen molar-refractivity contribution in [3.05, 3.63) is 48.1 Å². The zero-order valence-corrected chi connectivity index (χ0v) is 10.9. The first-order valence-corrected chi connectivity index (χ1v) is 6.29. The second kappa shape index (κ2) is 5.36. The molecule has 1 aromatic rings. The van der Waals surface area contributed by atoms with Crippen LogP contribution in [0.3, 0.4) is 0 Å². The minimum atomic E-state index is -4.50. The molecule has 0 fully saturated rings. The number of aliphatic hydroxyl groups is 1. The summed E-state index contributed by atoms with van der Waals surface area (Å²) in [6.45, 7) is 1.85. The molecule has 2 atom stereocenters. The molecule has 0 bridgehead atoms. The van der Waals surface area contributed by atoms with Gasteiger partial charge in [-0.3, -0.25) is 0 Å². The number of aromatic nitrogens is 2. The Morgan fingerprint density at radius 2 is 2.10 bits per heavy atom. The molecule has 3 nitrogen and oxygen atoms in total. The summed E-state index contributed by atoms with van der Waals surface area (Å²) in [6, 6.07) is 0. The molecule has 1 aromatic heterocycles. The summed E-state index contributed by atoms with van der Waals surface area (Å²) >= 11 is 0. The van der Waals surface area contributed by atoms with Gasteiger partial charge in [0.2, 0.25) is 0 Å². The molecule has 2 rings (SSSR count). The smallest absolute Gasteiger partial charge is 0.384 e. The highest BCUT2D eigenvalue weighted by molar-refractivity contribution is 5.28. The van der Waals surface area contributed by atoms with Crippen molar-refractivity contribution in [1.29, 1.82) is 0 Å². The third kappa shape index (κ3) is 2.90. The first-order chi connectivity index (χ1) is 9.37. The number of alkyl halides is 3. The van der Waals surface area contributed by atoms with Gasteiger partial charge in [0.05, 0.1) is 0 Å². The van der Waals surface area contributed by atoms with Crippen LogP contribution < -0.4 is 0 Å². The van der Waals surface area contributed by atoms with Gasteiger partial charge < -0.3 is 5.11 Å². The van der Waals surface area contributed by atoms with Crippen molar-refractivity contribution in [3.8, 4) is 0 Å². The predicted molar refractivity (Wildman–Crippen MR) is 67.9 cm³/mol. The molecule has 2 unspecified atom stereocenters. The molecule has 0 amide bonds. The second-order valence-corrected chi connectivity index (χ2v) is 4.78. The van der Waals surface area contributed by atoms with E-state index in [1.807, 2.05) is 6.92 Å². The van der Waals surface area contributed by atoms with Crippen LogP contribution >= 0.6 is 0 Å². The number of nitrogens with zero attached hydrogens (tertiary/aromatic N) is 2. The maximum absolute atomic E-state index is 13.0. The number of rotatable bonds is 3. The summed E-state index contributed by atoms with van der Waals surface area (Å²) in [4.78, 5) is 7.87. The zero-order chi connectivity index (χ0) is 14.8. The fourth-order valence-electron chi connectivity index (χ4n) is 2.38. The predicted octanol–water partition coefficient (Wildman–Crippen LogP) is 2.62. The molecule has 0 aliphatic heterocycles. The van der Waals surface area contributed by atoms with Gasteiger partial charge in [-0.15, -0.1) is 0 Å². The van der Waals surface area contributed by atoms with Gasteiger partial charge in [-0.25, -0.2) is 9.97 Å². The van der Waals surface area contributed by atoms with Crippen LogP contribution in [0.25, 0.3) is 0 Å². The standard InChI is InChI=1S/C14H15F3N2O/c1-2-11-10(8-18-9-19-11)7-13(20)6-4-3-5-12(13)14(15,16)17/h3-6,8-9,12,20H,2,7H2,1H3. The second-order valence-electron chi connectivity index (χ2n) is 4.78. The van der Waals surface area contributed by atoms with E-state index >= 15 is 0 Å². The molecule has 0 aromatic carbocycles. The van der Waals surface area contributed by atoms with Crippen molar-refractivity contribution in [2.24, 2.45) is 5.92 Å².